The fourth-order valence-electron chi connectivity index (χ4n) is 2.96. The molecular weight excluding hydrogens is 394 g/mol. The summed E-state index contributed by atoms with van der Waals surface area (Å²) in [5.41, 5.74) is 4.08. The van der Waals surface area contributed by atoms with E-state index in [2.05, 4.69) is 4.98 Å². The number of nitrogens with two attached hydrogens (primary N) is 1. The highest BCUT2D eigenvalue weighted by atomic mass is 19.1. The van der Waals surface area contributed by atoms with E-state index >= 15 is 0 Å². The number of nitrogens with zero attached hydrogens (tertiary/aromatic N) is 2. The van der Waals surface area contributed by atoms with Crippen molar-refractivity contribution in [2.75, 3.05) is 17.2 Å². The van der Waals surface area contributed by atoms with E-state index < -0.39 is 28.8 Å². The van der Waals surface area contributed by atoms with Crippen molar-refractivity contribution in [2.24, 2.45) is 11.8 Å². The number of H-pyrrole nitrogens is 1. The molecule has 1 heterocycles. The van der Waals surface area contributed by atoms with Crippen molar-refractivity contribution in [2.45, 2.75) is 34.2 Å². The number of rotatable bonds is 7. The van der Waals surface area contributed by atoms with Crippen LogP contribution in [0.3, 0.4) is 0 Å². The summed E-state index contributed by atoms with van der Waals surface area (Å²) in [5, 5.41) is 0. The molecule has 2 rings (SSSR count). The first-order valence-corrected chi connectivity index (χ1v) is 9.59. The molecule has 0 saturated heterocycles. The van der Waals surface area contributed by atoms with E-state index in [9.17, 15) is 23.2 Å². The third kappa shape index (κ3) is 5.22. The molecule has 1 aromatic carbocycles. The van der Waals surface area contributed by atoms with Crippen LogP contribution in [0.15, 0.2) is 33.9 Å². The molecule has 0 atom stereocenters. The Kier molecular flexibility index (Phi) is 7.31. The Bertz CT molecular complexity index is 1050. The van der Waals surface area contributed by atoms with Gasteiger partial charge in [-0.2, -0.15) is 0 Å². The van der Waals surface area contributed by atoms with Gasteiger partial charge in [0.25, 0.3) is 11.5 Å². The lowest BCUT2D eigenvalue weighted by Crippen LogP contribution is -2.42. The van der Waals surface area contributed by atoms with Crippen molar-refractivity contribution in [1.82, 2.24) is 9.55 Å². The molecule has 0 spiro atoms. The summed E-state index contributed by atoms with van der Waals surface area (Å²) in [6.45, 7) is 7.76. The van der Waals surface area contributed by atoms with E-state index in [0.717, 1.165) is 29.2 Å². The number of amides is 1. The molecule has 3 N–H and O–H groups in total. The van der Waals surface area contributed by atoms with Gasteiger partial charge in [0, 0.05) is 24.7 Å². The molecule has 0 aliphatic heterocycles. The van der Waals surface area contributed by atoms with E-state index in [1.165, 1.54) is 10.6 Å². The second-order valence-corrected chi connectivity index (χ2v) is 7.81. The Balaban J connectivity index is 2.55. The first kappa shape index (κ1) is 23.1. The van der Waals surface area contributed by atoms with Crippen LogP contribution in [0.2, 0.25) is 0 Å². The van der Waals surface area contributed by atoms with Crippen molar-refractivity contribution in [1.29, 1.82) is 0 Å². The zero-order chi connectivity index (χ0) is 22.6. The van der Waals surface area contributed by atoms with Gasteiger partial charge in [-0.3, -0.25) is 19.1 Å². The quantitative estimate of drug-likeness (QED) is 0.673. The average molecular weight is 420 g/mol. The summed E-state index contributed by atoms with van der Waals surface area (Å²) >= 11 is 0. The summed E-state index contributed by atoms with van der Waals surface area (Å²) < 4.78 is 28.9. The number of aromatic nitrogens is 2. The minimum atomic E-state index is -0.822. The lowest BCUT2D eigenvalue weighted by Gasteiger charge is -2.25. The van der Waals surface area contributed by atoms with Crippen LogP contribution in [0.25, 0.3) is 6.08 Å². The molecule has 0 bridgehead atoms. The van der Waals surface area contributed by atoms with Gasteiger partial charge >= 0.3 is 5.69 Å². The second kappa shape index (κ2) is 9.51. The van der Waals surface area contributed by atoms with Crippen LogP contribution in [0, 0.1) is 23.5 Å². The first-order chi connectivity index (χ1) is 14.0. The van der Waals surface area contributed by atoms with Crippen LogP contribution in [0.4, 0.5) is 20.3 Å². The summed E-state index contributed by atoms with van der Waals surface area (Å²) in [7, 11) is 0. The third-order valence-corrected chi connectivity index (χ3v) is 4.24. The molecule has 1 aromatic heterocycles. The van der Waals surface area contributed by atoms with Crippen LogP contribution >= 0.6 is 0 Å². The standard InChI is InChI=1S/C21H26F2N4O3/c1-12(2)10-26(17(28)9-8-14-15(22)6-5-7-16(14)23)18-19(24)27(11-13(3)4)21(30)25-20(18)29/h5-9,12-13H,10-11,24H2,1-4H3,(H,25,29,30). The Hall–Kier alpha value is -3.23. The molecule has 0 fully saturated rings. The maximum absolute atomic E-state index is 13.9. The monoisotopic (exact) mass is 420 g/mol. The lowest BCUT2D eigenvalue weighted by molar-refractivity contribution is -0.114. The molecule has 0 aliphatic rings. The number of carbonyl (C=O) groups excluding carboxylic acids is 1. The van der Waals surface area contributed by atoms with Gasteiger partial charge in [-0.1, -0.05) is 33.8 Å². The number of nitrogens with one attached hydrogen (secondary N) is 1. The van der Waals surface area contributed by atoms with Crippen LogP contribution in [0.5, 0.6) is 0 Å². The molecule has 0 unspecified atom stereocenters. The fraction of sp³-hybridized carbons (Fsp3) is 0.381. The highest BCUT2D eigenvalue weighted by Crippen LogP contribution is 2.20. The van der Waals surface area contributed by atoms with Gasteiger partial charge in [-0.05, 0) is 30.0 Å². The Morgan fingerprint density at radius 2 is 1.77 bits per heavy atom. The van der Waals surface area contributed by atoms with Crippen molar-refractivity contribution >= 4 is 23.5 Å². The van der Waals surface area contributed by atoms with Crippen LogP contribution in [-0.4, -0.2) is 22.0 Å². The zero-order valence-electron chi connectivity index (χ0n) is 17.4. The van der Waals surface area contributed by atoms with E-state index in [-0.39, 0.29) is 42.0 Å². The number of aromatic amines is 1. The number of nitrogen functional groups attached to an aromatic ring is 1. The molecule has 9 heteroatoms. The zero-order valence-corrected chi connectivity index (χ0v) is 17.4. The largest absolute Gasteiger partial charge is 0.383 e. The number of hydrogen-bond acceptors (Lipinski definition) is 4. The number of anilines is 2. The first-order valence-electron chi connectivity index (χ1n) is 9.59. The van der Waals surface area contributed by atoms with E-state index in [4.69, 9.17) is 5.73 Å². The molecular formula is C21H26F2N4O3. The molecule has 30 heavy (non-hydrogen) atoms. The minimum Gasteiger partial charge on any atom is -0.383 e. The number of benzene rings is 1. The van der Waals surface area contributed by atoms with Crippen LogP contribution in [-0.2, 0) is 11.3 Å². The Morgan fingerprint density at radius 1 is 1.17 bits per heavy atom. The van der Waals surface area contributed by atoms with Gasteiger partial charge in [0.15, 0.2) is 5.69 Å². The fourth-order valence-corrected chi connectivity index (χ4v) is 2.96. The van der Waals surface area contributed by atoms with Gasteiger partial charge in [0.1, 0.15) is 17.5 Å². The number of hydrogen-bond donors (Lipinski definition) is 2. The molecule has 2 aromatic rings. The maximum atomic E-state index is 13.9. The van der Waals surface area contributed by atoms with E-state index in [1.54, 1.807) is 0 Å². The maximum Gasteiger partial charge on any atom is 0.330 e. The molecule has 0 aliphatic carbocycles. The SMILES string of the molecule is CC(C)CN(C(=O)C=Cc1c(F)cccc1F)c1c(N)n(CC(C)C)c(=O)[nH]c1=O. The minimum absolute atomic E-state index is 0.0573. The predicted molar refractivity (Wildman–Crippen MR) is 113 cm³/mol. The van der Waals surface area contributed by atoms with E-state index in [1.807, 2.05) is 27.7 Å². The summed E-state index contributed by atoms with van der Waals surface area (Å²) in [5.74, 6) is -2.48. The Labute approximate surface area is 172 Å². The van der Waals surface area contributed by atoms with Gasteiger partial charge < -0.3 is 10.6 Å². The van der Waals surface area contributed by atoms with Gasteiger partial charge in [0.05, 0.1) is 0 Å². The normalized spacial score (nSPS) is 11.6. The van der Waals surface area contributed by atoms with Gasteiger partial charge in [-0.15, -0.1) is 0 Å². The van der Waals surface area contributed by atoms with Gasteiger partial charge in [-0.25, -0.2) is 13.6 Å². The second-order valence-electron chi connectivity index (χ2n) is 7.81. The topological polar surface area (TPSA) is 101 Å². The van der Waals surface area contributed by atoms with Crippen LogP contribution < -0.4 is 21.9 Å². The Morgan fingerprint density at radius 3 is 2.30 bits per heavy atom. The highest BCUT2D eigenvalue weighted by molar-refractivity contribution is 6.05. The van der Waals surface area contributed by atoms with Crippen molar-refractivity contribution in [3.63, 3.8) is 0 Å². The predicted octanol–water partition coefficient (Wildman–Crippen LogP) is 2.76. The average Bonchev–Trinajstić information content (AvgIpc) is 2.63. The molecule has 0 saturated carbocycles. The molecule has 7 nitrogen and oxygen atoms in total. The summed E-state index contributed by atoms with van der Waals surface area (Å²) in [6, 6.07) is 3.36. The highest BCUT2D eigenvalue weighted by Gasteiger charge is 2.24. The third-order valence-electron chi connectivity index (χ3n) is 4.24. The summed E-state index contributed by atoms with van der Waals surface area (Å²) in [4.78, 5) is 40.9. The lowest BCUT2D eigenvalue weighted by atomic mass is 10.1. The smallest absolute Gasteiger partial charge is 0.330 e. The van der Waals surface area contributed by atoms with Crippen molar-refractivity contribution in [3.8, 4) is 0 Å². The summed E-state index contributed by atoms with van der Waals surface area (Å²) in [6.07, 6.45) is 1.98. The number of carbonyl (C=O) groups is 1. The van der Waals surface area contributed by atoms with Crippen molar-refractivity contribution in [3.05, 3.63) is 62.3 Å². The molecule has 162 valence electrons. The van der Waals surface area contributed by atoms with Gasteiger partial charge in [0.2, 0.25) is 0 Å². The van der Waals surface area contributed by atoms with E-state index in [0.29, 0.717) is 0 Å². The van der Waals surface area contributed by atoms with Crippen molar-refractivity contribution < 1.29 is 13.6 Å². The molecule has 0 radical (unpaired) electrons. The molecule has 1 amide bonds. The number of halogens is 2. The van der Waals surface area contributed by atoms with Crippen LogP contribution in [0.1, 0.15) is 33.3 Å².